The van der Waals surface area contributed by atoms with Crippen molar-refractivity contribution in [1.82, 2.24) is 14.8 Å². The Morgan fingerprint density at radius 1 is 1.43 bits per heavy atom. The highest BCUT2D eigenvalue weighted by Crippen LogP contribution is 2.18. The van der Waals surface area contributed by atoms with E-state index in [1.54, 1.807) is 6.20 Å². The fraction of sp³-hybridized carbons (Fsp3) is 0.600. The number of anilines is 1. The molecule has 1 aromatic rings. The van der Waals surface area contributed by atoms with E-state index in [0.29, 0.717) is 18.1 Å². The van der Waals surface area contributed by atoms with Gasteiger partial charge in [0.05, 0.1) is 18.4 Å². The summed E-state index contributed by atoms with van der Waals surface area (Å²) in [7, 11) is 5.84. The number of nitrogens with one attached hydrogen (secondary N) is 1. The highest BCUT2D eigenvalue weighted by Gasteiger charge is 2.18. The summed E-state index contributed by atoms with van der Waals surface area (Å²) in [6.45, 7) is 2.47. The standard InChI is InChI=1S/C15H24N4O2/c1-18(2)11-14(20)17-12-4-5-15(16-10-12)21-13-6-8-19(3)9-7-13/h4-5,10,13H,6-9,11H2,1-3H3,(H,17,20). The summed E-state index contributed by atoms with van der Waals surface area (Å²) in [5.41, 5.74) is 0.692. The fourth-order valence-corrected chi connectivity index (χ4v) is 2.29. The smallest absolute Gasteiger partial charge is 0.238 e. The van der Waals surface area contributed by atoms with Crippen LogP contribution >= 0.6 is 0 Å². The van der Waals surface area contributed by atoms with Crippen LogP contribution in [0.5, 0.6) is 5.88 Å². The van der Waals surface area contributed by atoms with Crippen molar-refractivity contribution in [2.45, 2.75) is 18.9 Å². The first-order valence-corrected chi connectivity index (χ1v) is 7.29. The number of carbonyl (C=O) groups excluding carboxylic acids is 1. The third kappa shape index (κ3) is 5.32. The molecule has 1 aliphatic heterocycles. The first kappa shape index (κ1) is 15.7. The Balaban J connectivity index is 1.83. The second-order valence-electron chi connectivity index (χ2n) is 5.79. The zero-order valence-corrected chi connectivity index (χ0v) is 13.0. The van der Waals surface area contributed by atoms with Crippen molar-refractivity contribution < 1.29 is 9.53 Å². The number of carbonyl (C=O) groups is 1. The van der Waals surface area contributed by atoms with Crippen LogP contribution in [0.1, 0.15) is 12.8 Å². The first-order chi connectivity index (χ1) is 10.0. The van der Waals surface area contributed by atoms with E-state index in [-0.39, 0.29) is 12.0 Å². The van der Waals surface area contributed by atoms with Gasteiger partial charge in [0.25, 0.3) is 0 Å². The summed E-state index contributed by atoms with van der Waals surface area (Å²) in [5, 5.41) is 2.80. The molecule has 1 aromatic heterocycles. The second-order valence-corrected chi connectivity index (χ2v) is 5.79. The Morgan fingerprint density at radius 2 is 2.14 bits per heavy atom. The number of hydrogen-bond acceptors (Lipinski definition) is 5. The highest BCUT2D eigenvalue weighted by molar-refractivity contribution is 5.92. The molecule has 0 saturated carbocycles. The lowest BCUT2D eigenvalue weighted by atomic mass is 10.1. The van der Waals surface area contributed by atoms with Crippen LogP contribution in [0.15, 0.2) is 18.3 Å². The molecule has 1 amide bonds. The zero-order chi connectivity index (χ0) is 15.2. The molecule has 1 saturated heterocycles. The highest BCUT2D eigenvalue weighted by atomic mass is 16.5. The van der Waals surface area contributed by atoms with Crippen LogP contribution in [-0.4, -0.2) is 67.6 Å². The third-order valence-electron chi connectivity index (χ3n) is 3.43. The Bertz CT molecular complexity index is 453. The van der Waals surface area contributed by atoms with Crippen LogP contribution in [0.3, 0.4) is 0 Å². The SMILES string of the molecule is CN(C)CC(=O)Nc1ccc(OC2CCN(C)CC2)nc1. The van der Waals surface area contributed by atoms with Crippen LogP contribution in [-0.2, 0) is 4.79 Å². The summed E-state index contributed by atoms with van der Waals surface area (Å²) in [6.07, 6.45) is 3.93. The minimum Gasteiger partial charge on any atom is -0.474 e. The minimum atomic E-state index is -0.0502. The topological polar surface area (TPSA) is 57.7 Å². The maximum absolute atomic E-state index is 11.6. The van der Waals surface area contributed by atoms with E-state index in [9.17, 15) is 4.79 Å². The number of piperidine rings is 1. The van der Waals surface area contributed by atoms with Crippen LogP contribution in [0, 0.1) is 0 Å². The molecule has 2 heterocycles. The fourth-order valence-electron chi connectivity index (χ4n) is 2.29. The van der Waals surface area contributed by atoms with Gasteiger partial charge in [-0.1, -0.05) is 0 Å². The van der Waals surface area contributed by atoms with Crippen LogP contribution in [0.2, 0.25) is 0 Å². The van der Waals surface area contributed by atoms with Crippen LogP contribution in [0.25, 0.3) is 0 Å². The van der Waals surface area contributed by atoms with Gasteiger partial charge in [-0.25, -0.2) is 4.98 Å². The number of rotatable bonds is 5. The van der Waals surface area contributed by atoms with Crippen molar-refractivity contribution in [3.63, 3.8) is 0 Å². The molecule has 0 aromatic carbocycles. The summed E-state index contributed by atoms with van der Waals surface area (Å²) in [4.78, 5) is 20.0. The number of aromatic nitrogens is 1. The molecule has 2 rings (SSSR count). The van der Waals surface area contributed by atoms with E-state index in [1.807, 2.05) is 31.1 Å². The average Bonchev–Trinajstić information content (AvgIpc) is 2.42. The number of likely N-dealkylation sites (N-methyl/N-ethyl adjacent to an activating group) is 1. The third-order valence-corrected chi connectivity index (χ3v) is 3.43. The Kier molecular flexibility index (Phi) is 5.52. The van der Waals surface area contributed by atoms with Gasteiger partial charge in [0.2, 0.25) is 11.8 Å². The predicted molar refractivity (Wildman–Crippen MR) is 82.6 cm³/mol. The summed E-state index contributed by atoms with van der Waals surface area (Å²) in [5.74, 6) is 0.570. The van der Waals surface area contributed by atoms with Crippen molar-refractivity contribution in [3.05, 3.63) is 18.3 Å². The Labute approximate surface area is 126 Å². The largest absolute Gasteiger partial charge is 0.474 e. The summed E-state index contributed by atoms with van der Waals surface area (Å²) >= 11 is 0. The quantitative estimate of drug-likeness (QED) is 0.879. The minimum absolute atomic E-state index is 0.0502. The lowest BCUT2D eigenvalue weighted by Crippen LogP contribution is -2.35. The normalized spacial score (nSPS) is 17.0. The molecule has 0 radical (unpaired) electrons. The number of nitrogens with zero attached hydrogens (tertiary/aromatic N) is 3. The molecule has 0 unspecified atom stereocenters. The Hall–Kier alpha value is -1.66. The molecule has 0 spiro atoms. The molecule has 6 nitrogen and oxygen atoms in total. The lowest BCUT2D eigenvalue weighted by molar-refractivity contribution is -0.116. The lowest BCUT2D eigenvalue weighted by Gasteiger charge is -2.28. The van der Waals surface area contributed by atoms with Crippen LogP contribution in [0.4, 0.5) is 5.69 Å². The average molecular weight is 292 g/mol. The maximum atomic E-state index is 11.6. The van der Waals surface area contributed by atoms with E-state index in [0.717, 1.165) is 25.9 Å². The van der Waals surface area contributed by atoms with E-state index >= 15 is 0 Å². The molecule has 6 heteroatoms. The van der Waals surface area contributed by atoms with Gasteiger partial charge in [-0.2, -0.15) is 0 Å². The zero-order valence-electron chi connectivity index (χ0n) is 13.0. The number of ether oxygens (including phenoxy) is 1. The van der Waals surface area contributed by atoms with E-state index in [4.69, 9.17) is 4.74 Å². The molecular weight excluding hydrogens is 268 g/mol. The molecule has 116 valence electrons. The van der Waals surface area contributed by atoms with E-state index < -0.39 is 0 Å². The van der Waals surface area contributed by atoms with Crippen molar-refractivity contribution in [2.24, 2.45) is 0 Å². The Morgan fingerprint density at radius 3 is 2.71 bits per heavy atom. The van der Waals surface area contributed by atoms with Gasteiger partial charge in [0, 0.05) is 19.2 Å². The van der Waals surface area contributed by atoms with Gasteiger partial charge in [-0.3, -0.25) is 4.79 Å². The summed E-state index contributed by atoms with van der Waals surface area (Å²) < 4.78 is 5.87. The van der Waals surface area contributed by atoms with Crippen molar-refractivity contribution in [2.75, 3.05) is 46.1 Å². The number of hydrogen-bond donors (Lipinski definition) is 1. The van der Waals surface area contributed by atoms with Crippen molar-refractivity contribution in [1.29, 1.82) is 0 Å². The van der Waals surface area contributed by atoms with Gasteiger partial charge < -0.3 is 19.9 Å². The number of amides is 1. The first-order valence-electron chi connectivity index (χ1n) is 7.29. The molecule has 21 heavy (non-hydrogen) atoms. The van der Waals surface area contributed by atoms with Gasteiger partial charge in [0.1, 0.15) is 6.10 Å². The molecule has 1 N–H and O–H groups in total. The summed E-state index contributed by atoms with van der Waals surface area (Å²) in [6, 6.07) is 3.63. The van der Waals surface area contributed by atoms with Gasteiger partial charge in [-0.05, 0) is 40.1 Å². The number of pyridine rings is 1. The van der Waals surface area contributed by atoms with Crippen LogP contribution < -0.4 is 10.1 Å². The number of likely N-dealkylation sites (tertiary alicyclic amines) is 1. The molecule has 0 aliphatic carbocycles. The molecule has 1 aliphatic rings. The molecular formula is C15H24N4O2. The van der Waals surface area contributed by atoms with Crippen molar-refractivity contribution >= 4 is 11.6 Å². The van der Waals surface area contributed by atoms with E-state index in [1.165, 1.54) is 0 Å². The monoisotopic (exact) mass is 292 g/mol. The van der Waals surface area contributed by atoms with E-state index in [2.05, 4.69) is 22.2 Å². The van der Waals surface area contributed by atoms with Gasteiger partial charge in [0.15, 0.2) is 0 Å². The molecule has 1 fully saturated rings. The molecule has 0 bridgehead atoms. The predicted octanol–water partition coefficient (Wildman–Crippen LogP) is 1.05. The van der Waals surface area contributed by atoms with Gasteiger partial charge >= 0.3 is 0 Å². The molecule has 0 atom stereocenters. The second kappa shape index (κ2) is 7.38. The van der Waals surface area contributed by atoms with Crippen molar-refractivity contribution in [3.8, 4) is 5.88 Å². The van der Waals surface area contributed by atoms with Gasteiger partial charge in [-0.15, -0.1) is 0 Å². The maximum Gasteiger partial charge on any atom is 0.238 e.